The van der Waals surface area contributed by atoms with Crippen molar-refractivity contribution in [1.29, 1.82) is 5.41 Å². The molecule has 0 aromatic rings. The van der Waals surface area contributed by atoms with E-state index < -0.39 is 23.8 Å². The lowest BCUT2D eigenvalue weighted by Gasteiger charge is -2.30. The van der Waals surface area contributed by atoms with Crippen LogP contribution >= 0.6 is 0 Å². The zero-order chi connectivity index (χ0) is 13.3. The van der Waals surface area contributed by atoms with Crippen molar-refractivity contribution in [2.45, 2.75) is 31.6 Å². The van der Waals surface area contributed by atoms with Crippen LogP contribution in [0.1, 0.15) is 25.7 Å². The van der Waals surface area contributed by atoms with Crippen LogP contribution < -0.4 is 5.32 Å². The molecular formula is C10H13N3O5. The van der Waals surface area contributed by atoms with Gasteiger partial charge in [-0.1, -0.05) is 0 Å². The number of amides is 1. The van der Waals surface area contributed by atoms with Crippen LogP contribution in [0.4, 0.5) is 0 Å². The van der Waals surface area contributed by atoms with Crippen LogP contribution in [0.2, 0.25) is 0 Å². The van der Waals surface area contributed by atoms with E-state index in [0.717, 1.165) is 4.90 Å². The highest BCUT2D eigenvalue weighted by Crippen LogP contribution is 2.26. The highest BCUT2D eigenvalue weighted by Gasteiger charge is 2.58. The van der Waals surface area contributed by atoms with Crippen molar-refractivity contribution >= 4 is 23.8 Å². The van der Waals surface area contributed by atoms with Crippen LogP contribution in [0, 0.1) is 5.41 Å². The monoisotopic (exact) mass is 255 g/mol. The van der Waals surface area contributed by atoms with Gasteiger partial charge in [0.15, 0.2) is 0 Å². The van der Waals surface area contributed by atoms with E-state index in [-0.39, 0.29) is 18.8 Å². The number of hydrogen-bond acceptors (Lipinski definition) is 6. The van der Waals surface area contributed by atoms with Crippen molar-refractivity contribution in [1.82, 2.24) is 10.2 Å². The highest BCUT2D eigenvalue weighted by atomic mass is 16.8. The number of esters is 2. The Labute approximate surface area is 103 Å². The normalized spacial score (nSPS) is 23.9. The van der Waals surface area contributed by atoms with Gasteiger partial charge in [0.25, 0.3) is 0 Å². The van der Waals surface area contributed by atoms with Gasteiger partial charge in [0, 0.05) is 19.9 Å². The zero-order valence-corrected chi connectivity index (χ0v) is 9.82. The Hall–Kier alpha value is -2.12. The van der Waals surface area contributed by atoms with Gasteiger partial charge in [-0.25, -0.2) is 0 Å². The Balaban J connectivity index is 2.36. The molecule has 0 radical (unpaired) electrons. The SMILES string of the molecule is CN1C(=N)NC(=O)C12OC(=O)CCCCC(=O)O2. The molecule has 0 aromatic carbocycles. The highest BCUT2D eigenvalue weighted by molar-refractivity contribution is 6.07. The first-order chi connectivity index (χ1) is 8.45. The third-order valence-corrected chi connectivity index (χ3v) is 2.81. The Morgan fingerprint density at radius 1 is 1.17 bits per heavy atom. The Morgan fingerprint density at radius 3 is 2.06 bits per heavy atom. The van der Waals surface area contributed by atoms with Gasteiger partial charge in [0.2, 0.25) is 5.96 Å². The Kier molecular flexibility index (Phi) is 2.93. The van der Waals surface area contributed by atoms with Crippen molar-refractivity contribution < 1.29 is 23.9 Å². The average Bonchev–Trinajstić information content (AvgIpc) is 2.54. The van der Waals surface area contributed by atoms with Crippen LogP contribution in [0.5, 0.6) is 0 Å². The summed E-state index contributed by atoms with van der Waals surface area (Å²) in [6.45, 7) is 0. The molecule has 2 saturated heterocycles. The lowest BCUT2D eigenvalue weighted by Crippen LogP contribution is -2.54. The molecule has 0 bridgehead atoms. The summed E-state index contributed by atoms with van der Waals surface area (Å²) in [6.07, 6.45) is 1.19. The van der Waals surface area contributed by atoms with E-state index in [4.69, 9.17) is 14.9 Å². The molecule has 2 aliphatic heterocycles. The van der Waals surface area contributed by atoms with Crippen molar-refractivity contribution in [3.05, 3.63) is 0 Å². The summed E-state index contributed by atoms with van der Waals surface area (Å²) in [7, 11) is 1.33. The van der Waals surface area contributed by atoms with Crippen molar-refractivity contribution in [2.75, 3.05) is 7.05 Å². The number of hydrogen-bond donors (Lipinski definition) is 2. The molecular weight excluding hydrogens is 242 g/mol. The molecule has 2 aliphatic rings. The van der Waals surface area contributed by atoms with Gasteiger partial charge in [-0.3, -0.25) is 30.0 Å². The number of carbonyl (C=O) groups is 3. The number of rotatable bonds is 0. The standard InChI is InChI=1S/C10H13N3O5/c1-13-9(11)12-8(16)10(13)17-6(14)4-2-3-5-7(15)18-10/h2-5H2,1H3,(H2,11,12,16). The second-order valence-corrected chi connectivity index (χ2v) is 4.10. The third kappa shape index (κ3) is 1.89. The minimum atomic E-state index is -2.17. The van der Waals surface area contributed by atoms with Gasteiger partial charge < -0.3 is 9.47 Å². The maximum atomic E-state index is 11.8. The van der Waals surface area contributed by atoms with Gasteiger partial charge >= 0.3 is 23.8 Å². The molecule has 8 heteroatoms. The van der Waals surface area contributed by atoms with E-state index in [9.17, 15) is 14.4 Å². The van der Waals surface area contributed by atoms with Crippen LogP contribution in [0.15, 0.2) is 0 Å². The third-order valence-electron chi connectivity index (χ3n) is 2.81. The van der Waals surface area contributed by atoms with Crippen LogP contribution in [0.25, 0.3) is 0 Å². The number of nitrogens with zero attached hydrogens (tertiary/aromatic N) is 1. The summed E-state index contributed by atoms with van der Waals surface area (Å²) in [6, 6.07) is 0. The molecule has 18 heavy (non-hydrogen) atoms. The number of guanidine groups is 1. The predicted molar refractivity (Wildman–Crippen MR) is 57.0 cm³/mol. The van der Waals surface area contributed by atoms with Crippen LogP contribution in [-0.4, -0.2) is 41.7 Å². The van der Waals surface area contributed by atoms with Crippen molar-refractivity contribution in [2.24, 2.45) is 0 Å². The molecule has 0 aliphatic carbocycles. The van der Waals surface area contributed by atoms with Gasteiger partial charge in [0.1, 0.15) is 0 Å². The summed E-state index contributed by atoms with van der Waals surface area (Å²) < 4.78 is 9.95. The molecule has 2 fully saturated rings. The first-order valence-electron chi connectivity index (χ1n) is 5.53. The van der Waals surface area contributed by atoms with Crippen LogP contribution in [-0.2, 0) is 23.9 Å². The fraction of sp³-hybridized carbons (Fsp3) is 0.600. The van der Waals surface area contributed by atoms with E-state index in [1.807, 2.05) is 0 Å². The van der Waals surface area contributed by atoms with Crippen LogP contribution in [0.3, 0.4) is 0 Å². The maximum absolute atomic E-state index is 11.8. The molecule has 1 amide bonds. The molecule has 0 saturated carbocycles. The summed E-state index contributed by atoms with van der Waals surface area (Å²) in [5.41, 5.74) is 0. The quantitative estimate of drug-likeness (QED) is 0.554. The molecule has 1 spiro atoms. The Morgan fingerprint density at radius 2 is 1.67 bits per heavy atom. The predicted octanol–water partition coefficient (Wildman–Crippen LogP) is -0.703. The van der Waals surface area contributed by atoms with E-state index >= 15 is 0 Å². The first kappa shape index (κ1) is 12.3. The van der Waals surface area contributed by atoms with E-state index in [2.05, 4.69) is 5.32 Å². The average molecular weight is 255 g/mol. The number of likely N-dealkylation sites (N-methyl/N-ethyl adjacent to an activating group) is 1. The molecule has 2 rings (SSSR count). The van der Waals surface area contributed by atoms with Gasteiger partial charge in [0.05, 0.1) is 0 Å². The molecule has 2 heterocycles. The topological polar surface area (TPSA) is 109 Å². The van der Waals surface area contributed by atoms with E-state index in [1.54, 1.807) is 0 Å². The number of carbonyl (C=O) groups excluding carboxylic acids is 3. The smallest absolute Gasteiger partial charge is 0.396 e. The lowest BCUT2D eigenvalue weighted by molar-refractivity contribution is -0.251. The molecule has 0 atom stereocenters. The largest absolute Gasteiger partial charge is 0.429 e. The zero-order valence-electron chi connectivity index (χ0n) is 9.82. The number of nitrogens with one attached hydrogen (secondary N) is 2. The van der Waals surface area contributed by atoms with Gasteiger partial charge in [-0.05, 0) is 12.8 Å². The minimum absolute atomic E-state index is 0.104. The van der Waals surface area contributed by atoms with E-state index in [1.165, 1.54) is 7.05 Å². The minimum Gasteiger partial charge on any atom is -0.396 e. The van der Waals surface area contributed by atoms with Crippen molar-refractivity contribution in [3.8, 4) is 0 Å². The van der Waals surface area contributed by atoms with Gasteiger partial charge in [-0.2, -0.15) is 0 Å². The number of ether oxygens (including phenoxy) is 2. The molecule has 0 unspecified atom stereocenters. The van der Waals surface area contributed by atoms with E-state index in [0.29, 0.717) is 12.8 Å². The fourth-order valence-electron chi connectivity index (χ4n) is 1.77. The summed E-state index contributed by atoms with van der Waals surface area (Å²) >= 11 is 0. The van der Waals surface area contributed by atoms with Crippen molar-refractivity contribution in [3.63, 3.8) is 0 Å². The second-order valence-electron chi connectivity index (χ2n) is 4.10. The fourth-order valence-corrected chi connectivity index (χ4v) is 1.77. The molecule has 2 N–H and O–H groups in total. The summed E-state index contributed by atoms with van der Waals surface area (Å²) in [4.78, 5) is 35.9. The lowest BCUT2D eigenvalue weighted by atomic mass is 10.2. The van der Waals surface area contributed by atoms with Gasteiger partial charge in [-0.15, -0.1) is 0 Å². The Bertz CT molecular complexity index is 413. The molecule has 98 valence electrons. The second kappa shape index (κ2) is 4.28. The molecule has 8 nitrogen and oxygen atoms in total. The maximum Gasteiger partial charge on any atom is 0.429 e. The summed E-state index contributed by atoms with van der Waals surface area (Å²) in [5, 5.41) is 9.62. The molecule has 0 aromatic heterocycles. The summed E-state index contributed by atoms with van der Waals surface area (Å²) in [5.74, 6) is -4.59. The first-order valence-corrected chi connectivity index (χ1v) is 5.53.